The highest BCUT2D eigenvalue weighted by Crippen LogP contribution is 2.42. The lowest BCUT2D eigenvalue weighted by molar-refractivity contribution is -0.121. The second-order valence-corrected chi connectivity index (χ2v) is 6.90. The zero-order chi connectivity index (χ0) is 18.1. The fourth-order valence-electron chi connectivity index (χ4n) is 3.87. The van der Waals surface area contributed by atoms with Crippen LogP contribution in [-0.4, -0.2) is 10.9 Å². The molecule has 0 saturated heterocycles. The van der Waals surface area contributed by atoms with Gasteiger partial charge in [-0.25, -0.2) is 9.37 Å². The van der Waals surface area contributed by atoms with Crippen LogP contribution in [0.2, 0.25) is 0 Å². The number of rotatable bonds is 4. The van der Waals surface area contributed by atoms with Crippen molar-refractivity contribution < 1.29 is 13.6 Å². The molecule has 2 aromatic carbocycles. The Kier molecular flexibility index (Phi) is 4.23. The summed E-state index contributed by atoms with van der Waals surface area (Å²) in [5.41, 5.74) is 2.20. The summed E-state index contributed by atoms with van der Waals surface area (Å²) in [7, 11) is 0. The van der Waals surface area contributed by atoms with Crippen LogP contribution in [0.4, 0.5) is 10.1 Å². The Morgan fingerprint density at radius 3 is 2.77 bits per heavy atom. The molecule has 3 aromatic rings. The van der Waals surface area contributed by atoms with E-state index in [9.17, 15) is 9.18 Å². The maximum Gasteiger partial charge on any atom is 0.235 e. The van der Waals surface area contributed by atoms with Gasteiger partial charge in [-0.3, -0.25) is 4.79 Å². The van der Waals surface area contributed by atoms with E-state index < -0.39 is 5.41 Å². The number of carbonyl (C=O) groups is 1. The number of nitrogens with one attached hydrogen (secondary N) is 1. The first-order chi connectivity index (χ1) is 12.6. The van der Waals surface area contributed by atoms with Crippen molar-refractivity contribution in [3.63, 3.8) is 0 Å². The molecule has 0 radical (unpaired) electrons. The van der Waals surface area contributed by atoms with E-state index in [-0.39, 0.29) is 11.7 Å². The minimum Gasteiger partial charge on any atom is -0.441 e. The first-order valence-electron chi connectivity index (χ1n) is 9.08. The third-order valence-corrected chi connectivity index (χ3v) is 5.26. The van der Waals surface area contributed by atoms with Gasteiger partial charge in [-0.1, -0.05) is 31.9 Å². The molecule has 1 aliphatic rings. The summed E-state index contributed by atoms with van der Waals surface area (Å²) in [5.74, 6) is 0.285. The zero-order valence-corrected chi connectivity index (χ0v) is 14.7. The minimum absolute atomic E-state index is 0.0841. The van der Waals surface area contributed by atoms with Crippen molar-refractivity contribution >= 4 is 22.7 Å². The van der Waals surface area contributed by atoms with Crippen LogP contribution < -0.4 is 5.32 Å². The number of oxazole rings is 1. The lowest BCUT2D eigenvalue weighted by Gasteiger charge is -2.28. The van der Waals surface area contributed by atoms with E-state index in [0.717, 1.165) is 43.2 Å². The lowest BCUT2D eigenvalue weighted by atomic mass is 9.78. The van der Waals surface area contributed by atoms with Crippen LogP contribution in [-0.2, 0) is 16.6 Å². The van der Waals surface area contributed by atoms with Gasteiger partial charge in [-0.15, -0.1) is 0 Å². The summed E-state index contributed by atoms with van der Waals surface area (Å²) in [5, 5.41) is 3.02. The van der Waals surface area contributed by atoms with Crippen molar-refractivity contribution in [3.8, 4) is 0 Å². The molecule has 0 bridgehead atoms. The molecule has 1 heterocycles. The molecule has 4 nitrogen and oxygen atoms in total. The first-order valence-corrected chi connectivity index (χ1v) is 9.08. The lowest BCUT2D eigenvalue weighted by Crippen LogP contribution is -2.38. The van der Waals surface area contributed by atoms with Crippen molar-refractivity contribution in [2.45, 2.75) is 44.4 Å². The van der Waals surface area contributed by atoms with Crippen molar-refractivity contribution in [3.05, 3.63) is 59.7 Å². The predicted octanol–water partition coefficient (Wildman–Crippen LogP) is 4.98. The van der Waals surface area contributed by atoms with Gasteiger partial charge < -0.3 is 9.73 Å². The number of aromatic nitrogens is 1. The molecule has 0 aliphatic heterocycles. The molecule has 1 aliphatic carbocycles. The molecule has 0 spiro atoms. The van der Waals surface area contributed by atoms with Crippen LogP contribution in [0.1, 0.15) is 44.1 Å². The number of nitrogens with zero attached hydrogens (tertiary/aromatic N) is 1. The molecule has 134 valence electrons. The van der Waals surface area contributed by atoms with Crippen molar-refractivity contribution in [2.75, 3.05) is 5.32 Å². The highest BCUT2D eigenvalue weighted by atomic mass is 19.1. The summed E-state index contributed by atoms with van der Waals surface area (Å²) in [4.78, 5) is 17.6. The van der Waals surface area contributed by atoms with Gasteiger partial charge >= 0.3 is 0 Å². The van der Waals surface area contributed by atoms with Crippen LogP contribution in [0.15, 0.2) is 46.9 Å². The molecule has 1 saturated carbocycles. The van der Waals surface area contributed by atoms with Crippen molar-refractivity contribution in [1.29, 1.82) is 0 Å². The van der Waals surface area contributed by atoms with Gasteiger partial charge in [-0.05, 0) is 48.7 Å². The van der Waals surface area contributed by atoms with Crippen LogP contribution >= 0.6 is 0 Å². The van der Waals surface area contributed by atoms with E-state index in [1.165, 1.54) is 12.1 Å². The predicted molar refractivity (Wildman–Crippen MR) is 98.6 cm³/mol. The van der Waals surface area contributed by atoms with E-state index in [0.29, 0.717) is 17.2 Å². The van der Waals surface area contributed by atoms with Gasteiger partial charge in [-0.2, -0.15) is 0 Å². The average Bonchev–Trinajstić information content (AvgIpc) is 3.29. The van der Waals surface area contributed by atoms with Crippen LogP contribution in [0, 0.1) is 5.82 Å². The SMILES string of the molecule is CCc1nc2cc(NC(=O)C3(c4cccc(F)c4)CCCC3)ccc2o1. The Morgan fingerprint density at radius 1 is 1.23 bits per heavy atom. The molecule has 5 heteroatoms. The number of halogens is 1. The molecule has 0 unspecified atom stereocenters. The third-order valence-electron chi connectivity index (χ3n) is 5.26. The van der Waals surface area contributed by atoms with E-state index >= 15 is 0 Å². The minimum atomic E-state index is -0.671. The van der Waals surface area contributed by atoms with Gasteiger partial charge in [0.2, 0.25) is 5.91 Å². The fourth-order valence-corrected chi connectivity index (χ4v) is 3.87. The van der Waals surface area contributed by atoms with E-state index in [1.807, 2.05) is 31.2 Å². The Morgan fingerprint density at radius 2 is 2.04 bits per heavy atom. The number of benzene rings is 2. The molecular weight excluding hydrogens is 331 g/mol. The molecule has 1 N–H and O–H groups in total. The molecule has 0 atom stereocenters. The molecule has 1 fully saturated rings. The van der Waals surface area contributed by atoms with Crippen LogP contribution in [0.25, 0.3) is 11.1 Å². The van der Waals surface area contributed by atoms with E-state index in [4.69, 9.17) is 4.42 Å². The maximum atomic E-state index is 13.7. The van der Waals surface area contributed by atoms with Gasteiger partial charge in [0.05, 0.1) is 5.41 Å². The van der Waals surface area contributed by atoms with E-state index in [2.05, 4.69) is 10.3 Å². The smallest absolute Gasteiger partial charge is 0.235 e. The number of anilines is 1. The van der Waals surface area contributed by atoms with Gasteiger partial charge in [0.1, 0.15) is 11.3 Å². The van der Waals surface area contributed by atoms with Crippen LogP contribution in [0.5, 0.6) is 0 Å². The fraction of sp³-hybridized carbons (Fsp3) is 0.333. The quantitative estimate of drug-likeness (QED) is 0.720. The monoisotopic (exact) mass is 352 g/mol. The molecule has 1 amide bonds. The number of carbonyl (C=O) groups excluding carboxylic acids is 1. The summed E-state index contributed by atoms with van der Waals surface area (Å²) in [6.07, 6.45) is 4.11. The normalized spacial score (nSPS) is 16.1. The summed E-state index contributed by atoms with van der Waals surface area (Å²) >= 11 is 0. The zero-order valence-electron chi connectivity index (χ0n) is 14.7. The maximum absolute atomic E-state index is 13.7. The average molecular weight is 352 g/mol. The first kappa shape index (κ1) is 16.8. The molecule has 26 heavy (non-hydrogen) atoms. The van der Waals surface area contributed by atoms with E-state index in [1.54, 1.807) is 6.07 Å². The highest BCUT2D eigenvalue weighted by molar-refractivity contribution is 6.00. The van der Waals surface area contributed by atoms with Gasteiger partial charge in [0, 0.05) is 12.1 Å². The number of hydrogen-bond acceptors (Lipinski definition) is 3. The Labute approximate surface area is 151 Å². The van der Waals surface area contributed by atoms with Gasteiger partial charge in [0.15, 0.2) is 11.5 Å². The summed E-state index contributed by atoms with van der Waals surface area (Å²) in [6, 6.07) is 11.9. The van der Waals surface area contributed by atoms with Crippen LogP contribution in [0.3, 0.4) is 0 Å². The number of amides is 1. The highest BCUT2D eigenvalue weighted by Gasteiger charge is 2.42. The summed E-state index contributed by atoms with van der Waals surface area (Å²) in [6.45, 7) is 1.98. The largest absolute Gasteiger partial charge is 0.441 e. The third kappa shape index (κ3) is 2.87. The topological polar surface area (TPSA) is 55.1 Å². The molecule has 4 rings (SSSR count). The molecule has 1 aromatic heterocycles. The number of aryl methyl sites for hydroxylation is 1. The number of fused-ring (bicyclic) bond motifs is 1. The Balaban J connectivity index is 1.65. The van der Waals surface area contributed by atoms with Crippen molar-refractivity contribution in [2.24, 2.45) is 0 Å². The second kappa shape index (κ2) is 6.56. The Bertz CT molecular complexity index is 958. The molecular formula is C21H21FN2O2. The standard InChI is InChI=1S/C21H21FN2O2/c1-2-19-24-17-13-16(8-9-18(17)26-19)23-20(25)21(10-3-4-11-21)14-6-5-7-15(22)12-14/h5-9,12-13H,2-4,10-11H2,1H3,(H,23,25). The van der Waals surface area contributed by atoms with Crippen molar-refractivity contribution in [1.82, 2.24) is 4.98 Å². The second-order valence-electron chi connectivity index (χ2n) is 6.90. The Hall–Kier alpha value is -2.69. The number of hydrogen-bond donors (Lipinski definition) is 1. The summed E-state index contributed by atoms with van der Waals surface area (Å²) < 4.78 is 19.4. The van der Waals surface area contributed by atoms with Gasteiger partial charge in [0.25, 0.3) is 0 Å².